The minimum absolute atomic E-state index is 0.00974. The highest BCUT2D eigenvalue weighted by molar-refractivity contribution is 7.09. The van der Waals surface area contributed by atoms with Gasteiger partial charge >= 0.3 is 5.97 Å². The summed E-state index contributed by atoms with van der Waals surface area (Å²) in [6, 6.07) is 12.7. The van der Waals surface area contributed by atoms with Gasteiger partial charge in [-0.15, -0.1) is 11.3 Å². The molecule has 6 nitrogen and oxygen atoms in total. The molecule has 1 heterocycles. The number of benzene rings is 2. The Kier molecular flexibility index (Phi) is 6.91. The minimum Gasteiger partial charge on any atom is -0.486 e. The molecule has 8 heteroatoms. The van der Waals surface area contributed by atoms with Crippen LogP contribution in [0.1, 0.15) is 26.6 Å². The highest BCUT2D eigenvalue weighted by atomic mass is 32.1. The molecule has 0 unspecified atom stereocenters. The van der Waals surface area contributed by atoms with E-state index in [1.54, 1.807) is 42.5 Å². The summed E-state index contributed by atoms with van der Waals surface area (Å²) in [4.78, 5) is 28.6. The number of para-hydroxylation sites is 1. The van der Waals surface area contributed by atoms with Crippen LogP contribution in [0, 0.1) is 12.7 Å². The van der Waals surface area contributed by atoms with Crippen LogP contribution >= 0.6 is 11.3 Å². The first-order chi connectivity index (χ1) is 14.0. The molecule has 0 aliphatic heterocycles. The van der Waals surface area contributed by atoms with Crippen molar-refractivity contribution in [3.05, 3.63) is 81.6 Å². The molecule has 150 valence electrons. The lowest BCUT2D eigenvalue weighted by atomic mass is 10.2. The van der Waals surface area contributed by atoms with Gasteiger partial charge in [-0.3, -0.25) is 4.79 Å². The molecule has 0 bridgehead atoms. The van der Waals surface area contributed by atoms with E-state index in [1.807, 2.05) is 12.3 Å². The molecule has 0 saturated heterocycles. The summed E-state index contributed by atoms with van der Waals surface area (Å²) in [6.45, 7) is 1.65. The molecule has 1 N–H and O–H groups in total. The van der Waals surface area contributed by atoms with E-state index < -0.39 is 24.3 Å². The summed E-state index contributed by atoms with van der Waals surface area (Å²) < 4.78 is 24.3. The van der Waals surface area contributed by atoms with Crippen LogP contribution in [0.5, 0.6) is 5.75 Å². The van der Waals surface area contributed by atoms with Gasteiger partial charge in [-0.25, -0.2) is 14.2 Å². The molecule has 0 spiro atoms. The number of carbonyl (C=O) groups is 2. The zero-order chi connectivity index (χ0) is 20.6. The highest BCUT2D eigenvalue weighted by Crippen LogP contribution is 2.21. The van der Waals surface area contributed by atoms with Gasteiger partial charge in [-0.2, -0.15) is 0 Å². The zero-order valence-electron chi connectivity index (χ0n) is 15.7. The first-order valence-corrected chi connectivity index (χ1v) is 9.71. The fraction of sp³-hybridized carbons (Fsp3) is 0.190. The number of hydrogen-bond acceptors (Lipinski definition) is 6. The fourth-order valence-electron chi connectivity index (χ4n) is 2.48. The Morgan fingerprint density at radius 3 is 2.66 bits per heavy atom. The van der Waals surface area contributed by atoms with Gasteiger partial charge in [0, 0.05) is 17.5 Å². The second-order valence-corrected chi connectivity index (χ2v) is 7.15. The maximum absolute atomic E-state index is 13.6. The van der Waals surface area contributed by atoms with E-state index in [0.29, 0.717) is 11.3 Å². The van der Waals surface area contributed by atoms with Crippen LogP contribution in [0.3, 0.4) is 0 Å². The number of aromatic nitrogens is 1. The summed E-state index contributed by atoms with van der Waals surface area (Å²) in [5.74, 6) is -1.28. The number of thiazole rings is 1. The Morgan fingerprint density at radius 1 is 1.14 bits per heavy atom. The first-order valence-electron chi connectivity index (χ1n) is 8.83. The smallest absolute Gasteiger partial charge is 0.342 e. The van der Waals surface area contributed by atoms with E-state index in [4.69, 9.17) is 9.47 Å². The number of carbonyl (C=O) groups excluding carboxylic acids is 2. The lowest BCUT2D eigenvalue weighted by molar-refractivity contribution is -0.124. The molecule has 0 aliphatic carbocycles. The van der Waals surface area contributed by atoms with Gasteiger partial charge in [-0.05, 0) is 25.1 Å². The molecular formula is C21H19FN2O4S. The number of aryl methyl sites for hydroxylation is 1. The van der Waals surface area contributed by atoms with Gasteiger partial charge < -0.3 is 14.8 Å². The van der Waals surface area contributed by atoms with E-state index in [1.165, 1.54) is 17.4 Å². The number of ether oxygens (including phenoxy) is 2. The number of nitrogens with one attached hydrogen (secondary N) is 1. The van der Waals surface area contributed by atoms with E-state index in [2.05, 4.69) is 10.3 Å². The van der Waals surface area contributed by atoms with Gasteiger partial charge in [0.05, 0.1) is 10.7 Å². The second kappa shape index (κ2) is 9.79. The Morgan fingerprint density at radius 2 is 1.90 bits per heavy atom. The Labute approximate surface area is 171 Å². The van der Waals surface area contributed by atoms with E-state index in [-0.39, 0.29) is 18.7 Å². The summed E-state index contributed by atoms with van der Waals surface area (Å²) in [6.07, 6.45) is 0. The first kappa shape index (κ1) is 20.5. The van der Waals surface area contributed by atoms with Crippen molar-refractivity contribution in [2.24, 2.45) is 0 Å². The van der Waals surface area contributed by atoms with Crippen molar-refractivity contribution in [2.45, 2.75) is 20.1 Å². The van der Waals surface area contributed by atoms with Crippen molar-refractivity contribution in [3.8, 4) is 5.75 Å². The number of hydrogen-bond donors (Lipinski definition) is 1. The largest absolute Gasteiger partial charge is 0.486 e. The van der Waals surface area contributed by atoms with Crippen molar-refractivity contribution in [2.75, 3.05) is 6.61 Å². The number of rotatable bonds is 8. The molecule has 0 fully saturated rings. The van der Waals surface area contributed by atoms with Gasteiger partial charge in [0.15, 0.2) is 6.61 Å². The normalized spacial score (nSPS) is 10.4. The number of halogens is 1. The SMILES string of the molecule is Cc1nc(COc2ccccc2C(=O)OCC(=O)NCc2ccccc2F)cs1. The zero-order valence-corrected chi connectivity index (χ0v) is 16.5. The lowest BCUT2D eigenvalue weighted by Crippen LogP contribution is -2.28. The standard InChI is InChI=1S/C21H19FN2O4S/c1-14-24-16(13-29-14)11-27-19-9-5-3-7-17(19)21(26)28-12-20(25)23-10-15-6-2-4-8-18(15)22/h2-9,13H,10-12H2,1H3,(H,23,25). The summed E-state index contributed by atoms with van der Waals surface area (Å²) >= 11 is 1.51. The van der Waals surface area contributed by atoms with Crippen molar-refractivity contribution < 1.29 is 23.5 Å². The van der Waals surface area contributed by atoms with Crippen LogP contribution in [0.25, 0.3) is 0 Å². The van der Waals surface area contributed by atoms with Crippen molar-refractivity contribution in [3.63, 3.8) is 0 Å². The molecule has 3 rings (SSSR count). The third-order valence-electron chi connectivity index (χ3n) is 3.92. The van der Waals surface area contributed by atoms with E-state index in [0.717, 1.165) is 10.7 Å². The average molecular weight is 414 g/mol. The lowest BCUT2D eigenvalue weighted by Gasteiger charge is -2.11. The quantitative estimate of drug-likeness (QED) is 0.570. The van der Waals surface area contributed by atoms with Gasteiger partial charge in [0.25, 0.3) is 5.91 Å². The minimum atomic E-state index is -0.684. The Balaban J connectivity index is 1.52. The van der Waals surface area contributed by atoms with Gasteiger partial charge in [0.1, 0.15) is 23.7 Å². The van der Waals surface area contributed by atoms with Crippen LogP contribution < -0.4 is 10.1 Å². The van der Waals surface area contributed by atoms with Crippen LogP contribution in [0.15, 0.2) is 53.9 Å². The molecule has 0 atom stereocenters. The van der Waals surface area contributed by atoms with Crippen LogP contribution in [0.4, 0.5) is 4.39 Å². The fourth-order valence-corrected chi connectivity index (χ4v) is 3.08. The molecule has 3 aromatic rings. The summed E-state index contributed by atoms with van der Waals surface area (Å²) in [5, 5.41) is 5.33. The van der Waals surface area contributed by atoms with Gasteiger partial charge in [-0.1, -0.05) is 30.3 Å². The Hall–Kier alpha value is -3.26. The summed E-state index contributed by atoms with van der Waals surface area (Å²) in [5.41, 5.74) is 1.33. The van der Waals surface area contributed by atoms with E-state index in [9.17, 15) is 14.0 Å². The highest BCUT2D eigenvalue weighted by Gasteiger charge is 2.16. The predicted molar refractivity (Wildman–Crippen MR) is 106 cm³/mol. The van der Waals surface area contributed by atoms with Crippen molar-refractivity contribution in [1.82, 2.24) is 10.3 Å². The summed E-state index contributed by atoms with van der Waals surface area (Å²) in [7, 11) is 0. The van der Waals surface area contributed by atoms with Gasteiger partial charge in [0.2, 0.25) is 0 Å². The Bertz CT molecular complexity index is 1010. The molecule has 0 radical (unpaired) electrons. The average Bonchev–Trinajstić information content (AvgIpc) is 3.15. The third kappa shape index (κ3) is 5.86. The van der Waals surface area contributed by atoms with Crippen LogP contribution in [0.2, 0.25) is 0 Å². The second-order valence-electron chi connectivity index (χ2n) is 6.09. The monoisotopic (exact) mass is 414 g/mol. The van der Waals surface area contributed by atoms with Crippen molar-refractivity contribution >= 4 is 23.2 Å². The topological polar surface area (TPSA) is 77.5 Å². The molecule has 29 heavy (non-hydrogen) atoms. The molecule has 1 amide bonds. The van der Waals surface area contributed by atoms with E-state index >= 15 is 0 Å². The maximum Gasteiger partial charge on any atom is 0.342 e. The van der Waals surface area contributed by atoms with Crippen molar-refractivity contribution in [1.29, 1.82) is 0 Å². The maximum atomic E-state index is 13.6. The predicted octanol–water partition coefficient (Wildman–Crippen LogP) is 3.64. The van der Waals surface area contributed by atoms with Crippen LogP contribution in [-0.4, -0.2) is 23.5 Å². The van der Waals surface area contributed by atoms with Crippen LogP contribution in [-0.2, 0) is 22.7 Å². The molecule has 0 saturated carbocycles. The molecule has 0 aliphatic rings. The number of amides is 1. The third-order valence-corrected chi connectivity index (χ3v) is 4.74. The molecule has 1 aromatic heterocycles. The molecule has 2 aromatic carbocycles. The number of esters is 1. The number of nitrogens with zero attached hydrogens (tertiary/aromatic N) is 1. The molecular weight excluding hydrogens is 395 g/mol.